The van der Waals surface area contributed by atoms with Crippen molar-refractivity contribution in [1.82, 2.24) is 5.06 Å². The monoisotopic (exact) mass is 370 g/mol. The van der Waals surface area contributed by atoms with Crippen LogP contribution in [0.15, 0.2) is 42.5 Å². The van der Waals surface area contributed by atoms with Crippen LogP contribution < -0.4 is 5.06 Å². The molecule has 8 nitrogen and oxygen atoms in total. The van der Waals surface area contributed by atoms with E-state index in [0.717, 1.165) is 15.7 Å². The second-order valence-corrected chi connectivity index (χ2v) is 5.75. The number of hydroxylamine groups is 3. The number of nitrogens with zero attached hydrogens (tertiary/aromatic N) is 2. The van der Waals surface area contributed by atoms with E-state index in [1.807, 2.05) is 0 Å². The number of carbonyl (C=O) groups is 3. The molecule has 0 fully saturated rings. The Labute approximate surface area is 155 Å². The van der Waals surface area contributed by atoms with Crippen molar-refractivity contribution in [2.45, 2.75) is 13.5 Å². The maximum atomic E-state index is 12.4. The van der Waals surface area contributed by atoms with Gasteiger partial charge in [-0.1, -0.05) is 30.3 Å². The maximum Gasteiger partial charge on any atom is 0.438 e. The number of methoxy groups -OCH3 is 1. The summed E-state index contributed by atoms with van der Waals surface area (Å²) in [4.78, 5) is 47.4. The first-order valence-electron chi connectivity index (χ1n) is 8.11. The first kappa shape index (κ1) is 18.6. The van der Waals surface area contributed by atoms with Gasteiger partial charge in [-0.15, -0.1) is 5.06 Å². The molecule has 1 aliphatic rings. The fourth-order valence-electron chi connectivity index (χ4n) is 2.89. The molecule has 8 heteroatoms. The van der Waals surface area contributed by atoms with E-state index in [4.69, 9.17) is 14.4 Å². The first-order chi connectivity index (χ1) is 13.0. The molecule has 3 rings (SSSR count). The van der Waals surface area contributed by atoms with Crippen molar-refractivity contribution in [3.05, 3.63) is 64.7 Å². The molecule has 0 radical (unpaired) electrons. The fourth-order valence-corrected chi connectivity index (χ4v) is 2.89. The van der Waals surface area contributed by atoms with Gasteiger partial charge in [0.05, 0.1) is 31.0 Å². The summed E-state index contributed by atoms with van der Waals surface area (Å²) < 4.78 is 4.72. The maximum absolute atomic E-state index is 12.4. The molecule has 0 saturated heterocycles. The molecule has 0 bridgehead atoms. The normalized spacial score (nSPS) is 12.9. The van der Waals surface area contributed by atoms with Gasteiger partial charge in [-0.25, -0.2) is 4.79 Å². The molecule has 3 amide bonds. The van der Waals surface area contributed by atoms with E-state index in [-0.39, 0.29) is 6.61 Å². The minimum atomic E-state index is -0.714. The number of para-hydroxylation sites is 1. The Bertz CT molecular complexity index is 876. The molecule has 0 saturated carbocycles. The van der Waals surface area contributed by atoms with E-state index in [0.29, 0.717) is 22.4 Å². The standard InChI is InChI=1S/C19H18N2O6/c1-12-7-6-8-13(16(12)20(26-3)19(24)25-2)11-27-21-17(22)14-9-4-5-10-15(14)18(21)23/h4-10H,11H2,1-3H3. The van der Waals surface area contributed by atoms with Crippen molar-refractivity contribution in [2.75, 3.05) is 19.3 Å². The van der Waals surface area contributed by atoms with Gasteiger partial charge in [0.15, 0.2) is 0 Å². The molecule has 27 heavy (non-hydrogen) atoms. The van der Waals surface area contributed by atoms with Crippen LogP contribution >= 0.6 is 0 Å². The third-order valence-corrected chi connectivity index (χ3v) is 4.15. The highest BCUT2D eigenvalue weighted by Gasteiger charge is 2.36. The van der Waals surface area contributed by atoms with Crippen LogP contribution in [0.4, 0.5) is 10.5 Å². The Morgan fingerprint density at radius 3 is 2.19 bits per heavy atom. The summed E-state index contributed by atoms with van der Waals surface area (Å²) in [5.74, 6) is -1.05. The summed E-state index contributed by atoms with van der Waals surface area (Å²) in [6.07, 6.45) is -0.714. The van der Waals surface area contributed by atoms with Gasteiger partial charge in [0.2, 0.25) is 0 Å². The summed E-state index contributed by atoms with van der Waals surface area (Å²) in [6, 6.07) is 11.8. The number of benzene rings is 2. The lowest BCUT2D eigenvalue weighted by molar-refractivity contribution is -0.101. The van der Waals surface area contributed by atoms with E-state index in [9.17, 15) is 14.4 Å². The lowest BCUT2D eigenvalue weighted by atomic mass is 10.1. The Morgan fingerprint density at radius 2 is 1.63 bits per heavy atom. The highest BCUT2D eigenvalue weighted by Crippen LogP contribution is 2.29. The highest BCUT2D eigenvalue weighted by atomic mass is 16.7. The number of fused-ring (bicyclic) bond motifs is 1. The van der Waals surface area contributed by atoms with Gasteiger partial charge in [0.25, 0.3) is 11.8 Å². The minimum Gasteiger partial charge on any atom is -0.451 e. The van der Waals surface area contributed by atoms with Crippen LogP contribution in [0, 0.1) is 6.92 Å². The predicted molar refractivity (Wildman–Crippen MR) is 94.8 cm³/mol. The van der Waals surface area contributed by atoms with Crippen LogP contribution in [-0.2, 0) is 21.0 Å². The van der Waals surface area contributed by atoms with Gasteiger partial charge >= 0.3 is 6.09 Å². The van der Waals surface area contributed by atoms with Gasteiger partial charge in [0.1, 0.15) is 6.61 Å². The van der Waals surface area contributed by atoms with Crippen molar-refractivity contribution >= 4 is 23.6 Å². The van der Waals surface area contributed by atoms with Crippen molar-refractivity contribution < 1.29 is 28.8 Å². The molecule has 2 aromatic carbocycles. The van der Waals surface area contributed by atoms with Gasteiger partial charge in [-0.05, 0) is 24.6 Å². The predicted octanol–water partition coefficient (Wildman–Crippen LogP) is 2.86. The van der Waals surface area contributed by atoms with Crippen LogP contribution in [0.25, 0.3) is 0 Å². The molecule has 2 aromatic rings. The quantitative estimate of drug-likeness (QED) is 0.594. The SMILES string of the molecule is COC(=O)N(OC)c1c(C)cccc1CON1C(=O)c2ccccc2C1=O. The summed E-state index contributed by atoms with van der Waals surface area (Å²) in [5, 5.41) is 1.71. The summed E-state index contributed by atoms with van der Waals surface area (Å²) in [6.45, 7) is 1.66. The Balaban J connectivity index is 1.86. The molecular weight excluding hydrogens is 352 g/mol. The zero-order valence-corrected chi connectivity index (χ0v) is 15.1. The molecule has 0 N–H and O–H groups in total. The summed E-state index contributed by atoms with van der Waals surface area (Å²) in [5.41, 5.74) is 2.27. The van der Waals surface area contributed by atoms with Gasteiger partial charge < -0.3 is 4.74 Å². The molecule has 0 atom stereocenters. The molecule has 0 unspecified atom stereocenters. The average Bonchev–Trinajstić information content (AvgIpc) is 2.93. The van der Waals surface area contributed by atoms with Crippen molar-refractivity contribution in [3.8, 4) is 0 Å². The zero-order chi connectivity index (χ0) is 19.6. The van der Waals surface area contributed by atoms with E-state index in [1.165, 1.54) is 14.2 Å². The number of anilines is 1. The number of amides is 3. The smallest absolute Gasteiger partial charge is 0.438 e. The summed E-state index contributed by atoms with van der Waals surface area (Å²) in [7, 11) is 2.57. The minimum absolute atomic E-state index is 0.126. The van der Waals surface area contributed by atoms with Gasteiger partial charge in [-0.3, -0.25) is 19.3 Å². The largest absolute Gasteiger partial charge is 0.451 e. The molecule has 1 heterocycles. The third kappa shape index (κ3) is 3.27. The fraction of sp³-hybridized carbons (Fsp3) is 0.211. The molecule has 0 aromatic heterocycles. The van der Waals surface area contributed by atoms with Crippen molar-refractivity contribution in [1.29, 1.82) is 0 Å². The molecular formula is C19H18N2O6. The number of hydrogen-bond donors (Lipinski definition) is 0. The number of ether oxygens (including phenoxy) is 1. The second kappa shape index (κ2) is 7.56. The van der Waals surface area contributed by atoms with Crippen LogP contribution in [-0.4, -0.2) is 37.2 Å². The van der Waals surface area contributed by atoms with Crippen molar-refractivity contribution in [3.63, 3.8) is 0 Å². The van der Waals surface area contributed by atoms with E-state index in [2.05, 4.69) is 0 Å². The molecule has 140 valence electrons. The number of hydrogen-bond acceptors (Lipinski definition) is 6. The lowest BCUT2D eigenvalue weighted by Gasteiger charge is -2.23. The highest BCUT2D eigenvalue weighted by molar-refractivity contribution is 6.20. The molecule has 1 aliphatic heterocycles. The lowest BCUT2D eigenvalue weighted by Crippen LogP contribution is -2.32. The second-order valence-electron chi connectivity index (χ2n) is 5.75. The Morgan fingerprint density at radius 1 is 1.00 bits per heavy atom. The number of carbonyl (C=O) groups excluding carboxylic acids is 3. The topological polar surface area (TPSA) is 85.4 Å². The number of aryl methyl sites for hydroxylation is 1. The average molecular weight is 370 g/mol. The van der Waals surface area contributed by atoms with Crippen LogP contribution in [0.5, 0.6) is 0 Å². The van der Waals surface area contributed by atoms with Crippen LogP contribution in [0.2, 0.25) is 0 Å². The van der Waals surface area contributed by atoms with Gasteiger partial charge in [-0.2, -0.15) is 5.06 Å². The van der Waals surface area contributed by atoms with E-state index < -0.39 is 17.9 Å². The number of imide groups is 1. The Kier molecular flexibility index (Phi) is 5.20. The Hall–Kier alpha value is -3.23. The van der Waals surface area contributed by atoms with Crippen LogP contribution in [0.1, 0.15) is 31.8 Å². The van der Waals surface area contributed by atoms with Crippen molar-refractivity contribution in [2.24, 2.45) is 0 Å². The van der Waals surface area contributed by atoms with E-state index in [1.54, 1.807) is 49.4 Å². The third-order valence-electron chi connectivity index (χ3n) is 4.15. The number of rotatable bonds is 5. The van der Waals surface area contributed by atoms with Gasteiger partial charge in [0, 0.05) is 5.56 Å². The zero-order valence-electron chi connectivity index (χ0n) is 15.1. The molecule has 0 spiro atoms. The molecule has 0 aliphatic carbocycles. The summed E-state index contributed by atoms with van der Waals surface area (Å²) >= 11 is 0. The van der Waals surface area contributed by atoms with E-state index >= 15 is 0 Å². The first-order valence-corrected chi connectivity index (χ1v) is 8.11. The van der Waals surface area contributed by atoms with Crippen LogP contribution in [0.3, 0.4) is 0 Å².